The molecule has 0 radical (unpaired) electrons. The van der Waals surface area contributed by atoms with E-state index in [2.05, 4.69) is 22.8 Å². The Bertz CT molecular complexity index is 1200. The van der Waals surface area contributed by atoms with Gasteiger partial charge in [0.15, 0.2) is 5.78 Å². The van der Waals surface area contributed by atoms with Crippen LogP contribution in [0.2, 0.25) is 0 Å². The van der Waals surface area contributed by atoms with Crippen LogP contribution in [-0.4, -0.2) is 12.9 Å². The highest BCUT2D eigenvalue weighted by Crippen LogP contribution is 2.44. The van der Waals surface area contributed by atoms with Gasteiger partial charge in [0.05, 0.1) is 24.5 Å². The van der Waals surface area contributed by atoms with E-state index in [1.165, 1.54) is 12.1 Å². The Morgan fingerprint density at radius 2 is 1.62 bits per heavy atom. The molecule has 0 aromatic heterocycles. The molecule has 0 fully saturated rings. The zero-order chi connectivity index (χ0) is 22.2. The smallest absolute Gasteiger partial charge is 0.163 e. The van der Waals surface area contributed by atoms with Crippen molar-refractivity contribution in [3.8, 4) is 5.75 Å². The molecule has 4 nitrogen and oxygen atoms in total. The highest BCUT2D eigenvalue weighted by atomic mass is 19.1. The van der Waals surface area contributed by atoms with Crippen molar-refractivity contribution in [2.24, 2.45) is 0 Å². The van der Waals surface area contributed by atoms with Crippen LogP contribution in [0.3, 0.4) is 0 Å². The van der Waals surface area contributed by atoms with Crippen LogP contribution in [-0.2, 0) is 4.79 Å². The van der Waals surface area contributed by atoms with E-state index in [0.717, 1.165) is 51.5 Å². The molecule has 0 saturated heterocycles. The van der Waals surface area contributed by atoms with Crippen LogP contribution in [0, 0.1) is 12.7 Å². The number of halogens is 1. The number of benzene rings is 3. The van der Waals surface area contributed by atoms with E-state index in [4.69, 9.17) is 4.74 Å². The number of nitrogens with one attached hydrogen (secondary N) is 2. The first kappa shape index (κ1) is 20.3. The summed E-state index contributed by atoms with van der Waals surface area (Å²) >= 11 is 0. The molecular weight excluding hydrogens is 403 g/mol. The summed E-state index contributed by atoms with van der Waals surface area (Å²) in [5, 5.41) is 7.11. The van der Waals surface area contributed by atoms with Gasteiger partial charge in [-0.3, -0.25) is 4.79 Å². The first-order valence-electron chi connectivity index (χ1n) is 10.8. The summed E-state index contributed by atoms with van der Waals surface area (Å²) in [4.78, 5) is 13.5. The van der Waals surface area contributed by atoms with E-state index >= 15 is 0 Å². The van der Waals surface area contributed by atoms with E-state index in [-0.39, 0.29) is 23.6 Å². The summed E-state index contributed by atoms with van der Waals surface area (Å²) in [6, 6.07) is 20.2. The van der Waals surface area contributed by atoms with Gasteiger partial charge >= 0.3 is 0 Å². The number of methoxy groups -OCH3 is 1. The lowest BCUT2D eigenvalue weighted by Gasteiger charge is -2.30. The molecule has 3 aromatic carbocycles. The Labute approximate surface area is 187 Å². The fourth-order valence-electron chi connectivity index (χ4n) is 4.68. The van der Waals surface area contributed by atoms with Gasteiger partial charge in [-0.2, -0.15) is 0 Å². The second-order valence-corrected chi connectivity index (χ2v) is 8.50. The molecule has 2 N–H and O–H groups in total. The first-order chi connectivity index (χ1) is 15.5. The molecule has 0 saturated carbocycles. The van der Waals surface area contributed by atoms with E-state index < -0.39 is 0 Å². The van der Waals surface area contributed by atoms with Gasteiger partial charge in [0.25, 0.3) is 0 Å². The minimum Gasteiger partial charge on any atom is -0.497 e. The molecule has 5 rings (SSSR count). The zero-order valence-corrected chi connectivity index (χ0v) is 18.1. The van der Waals surface area contributed by atoms with Crippen molar-refractivity contribution in [2.45, 2.75) is 31.7 Å². The second kappa shape index (κ2) is 8.15. The Kier molecular flexibility index (Phi) is 5.17. The highest BCUT2D eigenvalue weighted by Gasteiger charge is 2.36. The number of allylic oxidation sites excluding steroid dienone is 1. The summed E-state index contributed by atoms with van der Waals surface area (Å²) < 4.78 is 18.9. The van der Waals surface area contributed by atoms with Crippen LogP contribution in [0.4, 0.5) is 15.8 Å². The maximum absolute atomic E-state index is 13.6. The molecule has 0 bridgehead atoms. The number of ketones is 1. The molecular formula is C27H25FN2O2. The number of anilines is 2. The highest BCUT2D eigenvalue weighted by molar-refractivity contribution is 6.01. The number of hydrogen-bond donors (Lipinski definition) is 2. The van der Waals surface area contributed by atoms with Crippen LogP contribution in [0.1, 0.15) is 41.5 Å². The number of Topliss-reactive ketones (excluding diaryl/α,β-unsaturated/α-hetero) is 1. The fourth-order valence-corrected chi connectivity index (χ4v) is 4.68. The predicted octanol–water partition coefficient (Wildman–Crippen LogP) is 6.12. The van der Waals surface area contributed by atoms with Crippen molar-refractivity contribution < 1.29 is 13.9 Å². The Balaban J connectivity index is 1.58. The molecule has 2 aliphatic rings. The SMILES string of the molecule is COc1ccc(C2CC(=O)C3=C(C2)Nc2ccc(C)cc2NC3c2ccc(F)cc2)cc1. The molecule has 3 aromatic rings. The Morgan fingerprint density at radius 1 is 0.906 bits per heavy atom. The van der Waals surface area contributed by atoms with Crippen molar-refractivity contribution >= 4 is 17.2 Å². The van der Waals surface area contributed by atoms with Gasteiger partial charge in [-0.1, -0.05) is 30.3 Å². The number of fused-ring (bicyclic) bond motifs is 1. The first-order valence-corrected chi connectivity index (χ1v) is 10.8. The van der Waals surface area contributed by atoms with Crippen molar-refractivity contribution in [1.29, 1.82) is 0 Å². The molecule has 0 amide bonds. The quantitative estimate of drug-likeness (QED) is 0.528. The molecule has 162 valence electrons. The minimum absolute atomic E-state index is 0.0838. The lowest BCUT2D eigenvalue weighted by molar-refractivity contribution is -0.116. The molecule has 32 heavy (non-hydrogen) atoms. The summed E-state index contributed by atoms with van der Waals surface area (Å²) in [6.07, 6.45) is 1.15. The van der Waals surface area contributed by atoms with E-state index in [1.54, 1.807) is 19.2 Å². The largest absolute Gasteiger partial charge is 0.497 e. The molecule has 2 atom stereocenters. The minimum atomic E-state index is -0.342. The summed E-state index contributed by atoms with van der Waals surface area (Å²) in [5.41, 5.74) is 6.64. The van der Waals surface area contributed by atoms with Gasteiger partial charge < -0.3 is 15.4 Å². The molecule has 1 heterocycles. The third-order valence-corrected chi connectivity index (χ3v) is 6.35. The average molecular weight is 429 g/mol. The van der Waals surface area contributed by atoms with Gasteiger partial charge in [-0.05, 0) is 72.4 Å². The number of hydrogen-bond acceptors (Lipinski definition) is 4. The van der Waals surface area contributed by atoms with Crippen molar-refractivity contribution in [2.75, 3.05) is 17.7 Å². The average Bonchev–Trinajstić information content (AvgIpc) is 2.96. The summed E-state index contributed by atoms with van der Waals surface area (Å²) in [7, 11) is 1.65. The van der Waals surface area contributed by atoms with Crippen LogP contribution >= 0.6 is 0 Å². The van der Waals surface area contributed by atoms with Gasteiger partial charge in [-0.25, -0.2) is 4.39 Å². The molecule has 0 spiro atoms. The van der Waals surface area contributed by atoms with Crippen LogP contribution < -0.4 is 15.4 Å². The topological polar surface area (TPSA) is 50.4 Å². The normalized spacial score (nSPS) is 19.9. The van der Waals surface area contributed by atoms with Crippen LogP contribution in [0.15, 0.2) is 78.0 Å². The second-order valence-electron chi connectivity index (χ2n) is 8.50. The van der Waals surface area contributed by atoms with Crippen LogP contribution in [0.25, 0.3) is 0 Å². The van der Waals surface area contributed by atoms with Gasteiger partial charge in [-0.15, -0.1) is 0 Å². The predicted molar refractivity (Wildman–Crippen MR) is 125 cm³/mol. The van der Waals surface area contributed by atoms with Crippen LogP contribution in [0.5, 0.6) is 5.75 Å². The standard InChI is InChI=1S/C27H25FN2O2/c1-16-3-12-22-23(13-16)30-27(18-4-8-20(28)9-5-18)26-24(29-22)14-19(15-25(26)31)17-6-10-21(32-2)11-7-17/h3-13,19,27,29-30H,14-15H2,1-2H3. The Morgan fingerprint density at radius 3 is 2.34 bits per heavy atom. The third kappa shape index (κ3) is 3.75. The van der Waals surface area contributed by atoms with E-state index in [9.17, 15) is 9.18 Å². The molecule has 2 unspecified atom stereocenters. The summed E-state index contributed by atoms with van der Waals surface area (Å²) in [5.74, 6) is 0.695. The van der Waals surface area contributed by atoms with E-state index in [0.29, 0.717) is 6.42 Å². The number of ether oxygens (including phenoxy) is 1. The zero-order valence-electron chi connectivity index (χ0n) is 18.1. The van der Waals surface area contributed by atoms with E-state index in [1.807, 2.05) is 37.3 Å². The lowest BCUT2D eigenvalue weighted by Crippen LogP contribution is -2.26. The lowest BCUT2D eigenvalue weighted by atomic mass is 9.78. The van der Waals surface area contributed by atoms with Gasteiger partial charge in [0.2, 0.25) is 0 Å². The number of aryl methyl sites for hydroxylation is 1. The third-order valence-electron chi connectivity index (χ3n) is 6.35. The number of rotatable bonds is 3. The number of carbonyl (C=O) groups excluding carboxylic acids is 1. The summed E-state index contributed by atoms with van der Waals surface area (Å²) in [6.45, 7) is 2.04. The van der Waals surface area contributed by atoms with Crippen molar-refractivity contribution in [3.63, 3.8) is 0 Å². The van der Waals surface area contributed by atoms with Gasteiger partial charge in [0.1, 0.15) is 11.6 Å². The maximum atomic E-state index is 13.6. The molecule has 5 heteroatoms. The van der Waals surface area contributed by atoms with Gasteiger partial charge in [0, 0.05) is 17.7 Å². The maximum Gasteiger partial charge on any atom is 0.163 e. The molecule has 1 aliphatic heterocycles. The number of carbonyl (C=O) groups is 1. The Hall–Kier alpha value is -3.60. The molecule has 1 aliphatic carbocycles. The van der Waals surface area contributed by atoms with Crippen molar-refractivity contribution in [3.05, 3.63) is 101 Å². The fraction of sp³-hybridized carbons (Fsp3) is 0.222. The monoisotopic (exact) mass is 428 g/mol. The van der Waals surface area contributed by atoms with Crippen molar-refractivity contribution in [1.82, 2.24) is 0 Å².